The highest BCUT2D eigenvalue weighted by Crippen LogP contribution is 2.29. The van der Waals surface area contributed by atoms with Crippen LogP contribution in [0.25, 0.3) is 22.3 Å². The van der Waals surface area contributed by atoms with Gasteiger partial charge in [0.15, 0.2) is 0 Å². The Labute approximate surface area is 207 Å². The Hall–Kier alpha value is -4.72. The summed E-state index contributed by atoms with van der Waals surface area (Å²) in [5.74, 6) is 0.768. The Morgan fingerprint density at radius 2 is 1.92 bits per heavy atom. The fraction of sp³-hybridized carbons (Fsp3) is 0.143. The number of nitrogens with zero attached hydrogens (tertiary/aromatic N) is 4. The average molecular weight is 480 g/mol. The average Bonchev–Trinajstić information content (AvgIpc) is 3.21. The first-order valence-corrected chi connectivity index (χ1v) is 11.5. The Bertz CT molecular complexity index is 1620. The second-order valence-corrected chi connectivity index (χ2v) is 8.46. The number of allylic oxidation sites excluding steroid dienone is 3. The standard InChI is InChI=1S/C28H25N5O3/c1-4-7-20-14-18(2)16-33-26(34)13-11-22(31-33)19-10-12-25(36-3)21(15-19)17-32-24-9-6-5-8-23(24)29-28(32)30-27(20)35/h4-15H,2,16-17H2,1,3H3,(H,29,30,35)/b7-4-,20-14+. The van der Waals surface area contributed by atoms with Gasteiger partial charge >= 0.3 is 0 Å². The van der Waals surface area contributed by atoms with Crippen LogP contribution in [0.2, 0.25) is 0 Å². The maximum Gasteiger partial charge on any atom is 0.267 e. The van der Waals surface area contributed by atoms with Crippen molar-refractivity contribution < 1.29 is 9.53 Å². The number of anilines is 1. The third-order valence-corrected chi connectivity index (χ3v) is 5.97. The second-order valence-electron chi connectivity index (χ2n) is 8.46. The van der Waals surface area contributed by atoms with E-state index in [-0.39, 0.29) is 18.0 Å². The predicted octanol–water partition coefficient (Wildman–Crippen LogP) is 4.33. The van der Waals surface area contributed by atoms with Crippen molar-refractivity contribution in [3.63, 3.8) is 0 Å². The molecule has 8 heteroatoms. The number of fused-ring (bicyclic) bond motifs is 8. The quantitative estimate of drug-likeness (QED) is 0.462. The Balaban J connectivity index is 1.76. The molecule has 1 aliphatic rings. The van der Waals surface area contributed by atoms with Gasteiger partial charge in [0, 0.05) is 22.8 Å². The molecule has 1 N–H and O–H groups in total. The van der Waals surface area contributed by atoms with E-state index >= 15 is 0 Å². The summed E-state index contributed by atoms with van der Waals surface area (Å²) in [5, 5.41) is 7.54. The molecule has 0 spiro atoms. The first-order valence-electron chi connectivity index (χ1n) is 11.5. The molecule has 8 nitrogen and oxygen atoms in total. The van der Waals surface area contributed by atoms with Crippen LogP contribution in [0.15, 0.2) is 95.3 Å². The van der Waals surface area contributed by atoms with Crippen molar-refractivity contribution in [1.82, 2.24) is 19.3 Å². The van der Waals surface area contributed by atoms with Crippen LogP contribution >= 0.6 is 0 Å². The SMILES string of the molecule is C=C1/C=C(\C=C/C)C(=O)Nc2nc3ccccc3n2Cc2cc(ccc2OC)-c2ccc(=O)n(n2)C1. The van der Waals surface area contributed by atoms with Gasteiger partial charge in [0.2, 0.25) is 5.95 Å². The third-order valence-electron chi connectivity index (χ3n) is 5.97. The fourth-order valence-electron chi connectivity index (χ4n) is 4.28. The van der Waals surface area contributed by atoms with Crippen LogP contribution in [0.1, 0.15) is 12.5 Å². The fourth-order valence-corrected chi connectivity index (χ4v) is 4.28. The first kappa shape index (κ1) is 23.0. The van der Waals surface area contributed by atoms with Gasteiger partial charge in [-0.1, -0.05) is 30.9 Å². The summed E-state index contributed by atoms with van der Waals surface area (Å²) in [4.78, 5) is 30.6. The molecular weight excluding hydrogens is 454 g/mol. The monoisotopic (exact) mass is 479 g/mol. The number of methoxy groups -OCH3 is 1. The van der Waals surface area contributed by atoms with Gasteiger partial charge in [0.25, 0.3) is 11.5 Å². The maximum absolute atomic E-state index is 13.3. The van der Waals surface area contributed by atoms with Gasteiger partial charge in [-0.15, -0.1) is 0 Å². The predicted molar refractivity (Wildman–Crippen MR) is 140 cm³/mol. The van der Waals surface area contributed by atoms with Crippen molar-refractivity contribution in [1.29, 1.82) is 0 Å². The molecule has 2 aromatic carbocycles. The molecular formula is C28H25N5O3. The molecule has 0 aliphatic carbocycles. The van der Waals surface area contributed by atoms with E-state index in [4.69, 9.17) is 9.72 Å². The van der Waals surface area contributed by atoms with Gasteiger partial charge in [0.05, 0.1) is 36.9 Å². The number of ether oxygens (including phenoxy) is 1. The van der Waals surface area contributed by atoms with Gasteiger partial charge in [0.1, 0.15) is 5.75 Å². The summed E-state index contributed by atoms with van der Waals surface area (Å²) in [7, 11) is 1.62. The number of aromatic nitrogens is 4. The molecule has 0 atom stereocenters. The molecule has 2 aromatic heterocycles. The zero-order chi connectivity index (χ0) is 25.2. The molecule has 1 amide bonds. The van der Waals surface area contributed by atoms with E-state index in [1.165, 1.54) is 10.7 Å². The van der Waals surface area contributed by atoms with Gasteiger partial charge in [-0.05, 0) is 55.0 Å². The molecule has 0 radical (unpaired) electrons. The third kappa shape index (κ3) is 4.36. The van der Waals surface area contributed by atoms with Gasteiger partial charge in [-0.3, -0.25) is 14.9 Å². The molecule has 4 bridgehead atoms. The number of hydrogen-bond acceptors (Lipinski definition) is 5. The highest BCUT2D eigenvalue weighted by Gasteiger charge is 2.18. The molecule has 180 valence electrons. The van der Waals surface area contributed by atoms with E-state index in [1.807, 2.05) is 54.0 Å². The summed E-state index contributed by atoms with van der Waals surface area (Å²) in [6, 6.07) is 16.7. The summed E-state index contributed by atoms with van der Waals surface area (Å²) in [6.07, 6.45) is 5.13. The topological polar surface area (TPSA) is 91.0 Å². The minimum Gasteiger partial charge on any atom is -0.496 e. The van der Waals surface area contributed by atoms with E-state index in [2.05, 4.69) is 17.0 Å². The smallest absolute Gasteiger partial charge is 0.267 e. The van der Waals surface area contributed by atoms with E-state index in [9.17, 15) is 9.59 Å². The highest BCUT2D eigenvalue weighted by atomic mass is 16.5. The van der Waals surface area contributed by atoms with Crippen LogP contribution in [0.4, 0.5) is 5.95 Å². The Morgan fingerprint density at radius 3 is 2.72 bits per heavy atom. The summed E-state index contributed by atoms with van der Waals surface area (Å²) < 4.78 is 8.95. The molecule has 3 heterocycles. The van der Waals surface area contributed by atoms with Crippen molar-refractivity contribution in [3.8, 4) is 17.0 Å². The van der Waals surface area contributed by atoms with Crippen molar-refractivity contribution in [3.05, 3.63) is 106 Å². The van der Waals surface area contributed by atoms with Crippen molar-refractivity contribution in [2.24, 2.45) is 0 Å². The molecule has 4 aromatic rings. The van der Waals surface area contributed by atoms with Gasteiger partial charge < -0.3 is 9.30 Å². The largest absolute Gasteiger partial charge is 0.496 e. The highest BCUT2D eigenvalue weighted by molar-refractivity contribution is 6.06. The lowest BCUT2D eigenvalue weighted by Crippen LogP contribution is -2.23. The number of hydrogen-bond donors (Lipinski definition) is 1. The van der Waals surface area contributed by atoms with E-state index in [0.29, 0.717) is 35.1 Å². The van der Waals surface area contributed by atoms with Crippen LogP contribution in [-0.2, 0) is 17.9 Å². The van der Waals surface area contributed by atoms with Gasteiger partial charge in [-0.2, -0.15) is 5.10 Å². The number of carbonyl (C=O) groups is 1. The molecule has 0 saturated carbocycles. The Kier molecular flexibility index (Phi) is 6.08. The lowest BCUT2D eigenvalue weighted by atomic mass is 10.1. The second kappa shape index (κ2) is 9.50. The van der Waals surface area contributed by atoms with Crippen LogP contribution in [0, 0.1) is 0 Å². The summed E-state index contributed by atoms with van der Waals surface area (Å²) in [6.45, 7) is 6.42. The number of rotatable bonds is 2. The number of carbonyl (C=O) groups excluding carboxylic acids is 1. The number of amides is 1. The molecule has 36 heavy (non-hydrogen) atoms. The lowest BCUT2D eigenvalue weighted by molar-refractivity contribution is -0.112. The lowest BCUT2D eigenvalue weighted by Gasteiger charge is -2.14. The van der Waals surface area contributed by atoms with Crippen molar-refractivity contribution in [2.75, 3.05) is 12.4 Å². The first-order chi connectivity index (χ1) is 17.5. The van der Waals surface area contributed by atoms with E-state index < -0.39 is 0 Å². The van der Waals surface area contributed by atoms with Crippen LogP contribution in [0.5, 0.6) is 5.75 Å². The van der Waals surface area contributed by atoms with Crippen molar-refractivity contribution in [2.45, 2.75) is 20.0 Å². The van der Waals surface area contributed by atoms with Crippen LogP contribution in [0.3, 0.4) is 0 Å². The molecule has 0 unspecified atom stereocenters. The molecule has 0 fully saturated rings. The summed E-state index contributed by atoms with van der Waals surface area (Å²) >= 11 is 0. The number of imidazole rings is 1. The zero-order valence-electron chi connectivity index (χ0n) is 20.1. The molecule has 5 rings (SSSR count). The van der Waals surface area contributed by atoms with E-state index in [1.54, 1.807) is 31.4 Å². The summed E-state index contributed by atoms with van der Waals surface area (Å²) in [5.41, 5.74) is 4.67. The Morgan fingerprint density at radius 1 is 1.08 bits per heavy atom. The van der Waals surface area contributed by atoms with Crippen LogP contribution in [-0.4, -0.2) is 32.3 Å². The number of nitrogens with one attached hydrogen (secondary N) is 1. The minimum atomic E-state index is -0.338. The van der Waals surface area contributed by atoms with Crippen molar-refractivity contribution >= 4 is 22.9 Å². The normalized spacial score (nSPS) is 15.6. The molecule has 1 aliphatic heterocycles. The molecule has 0 saturated heterocycles. The number of para-hydroxylation sites is 2. The number of benzene rings is 2. The van der Waals surface area contributed by atoms with Gasteiger partial charge in [-0.25, -0.2) is 9.67 Å². The minimum absolute atomic E-state index is 0.141. The maximum atomic E-state index is 13.3. The van der Waals surface area contributed by atoms with E-state index in [0.717, 1.165) is 22.2 Å². The van der Waals surface area contributed by atoms with Crippen LogP contribution < -0.4 is 15.6 Å². The zero-order valence-corrected chi connectivity index (χ0v) is 20.1.